The fourth-order valence-electron chi connectivity index (χ4n) is 4.84. The number of rotatable bonds is 8. The predicted octanol–water partition coefficient (Wildman–Crippen LogP) is 5.34. The van der Waals surface area contributed by atoms with Gasteiger partial charge in [0.1, 0.15) is 23.1 Å². The van der Waals surface area contributed by atoms with Crippen LogP contribution < -0.4 is 14.4 Å². The number of anilines is 1. The van der Waals surface area contributed by atoms with E-state index < -0.39 is 29.4 Å². The number of hydrogen-bond donors (Lipinski definition) is 0. The Morgan fingerprint density at radius 3 is 2.48 bits per heavy atom. The Labute approximate surface area is 233 Å². The van der Waals surface area contributed by atoms with Gasteiger partial charge in [-0.1, -0.05) is 65.9 Å². The number of furan rings is 1. The molecule has 2 atom stereocenters. The minimum absolute atomic E-state index is 0.00224. The molecule has 10 heteroatoms. The van der Waals surface area contributed by atoms with Gasteiger partial charge < -0.3 is 13.9 Å². The number of carbonyl (C=O) groups is 3. The van der Waals surface area contributed by atoms with Gasteiger partial charge in [-0.3, -0.25) is 19.3 Å². The summed E-state index contributed by atoms with van der Waals surface area (Å²) in [6.07, 6.45) is 0. The maximum absolute atomic E-state index is 13.8. The summed E-state index contributed by atoms with van der Waals surface area (Å²) in [5, 5.41) is 9.70. The monoisotopic (exact) mass is 553 g/mol. The molecule has 0 N–H and O–H groups in total. The molecule has 40 heavy (non-hydrogen) atoms. The molecule has 1 fully saturated rings. The molecule has 9 nitrogen and oxygen atoms in total. The largest absolute Gasteiger partial charge is 0.493 e. The summed E-state index contributed by atoms with van der Waals surface area (Å²) >= 11 is 1.16. The first kappa shape index (κ1) is 25.4. The number of benzene rings is 3. The molecule has 0 saturated carbocycles. The van der Waals surface area contributed by atoms with Crippen molar-refractivity contribution < 1.29 is 28.3 Å². The number of methoxy groups -OCH3 is 1. The molecule has 0 aliphatic carbocycles. The van der Waals surface area contributed by atoms with Gasteiger partial charge in [-0.2, -0.15) is 0 Å². The topological polar surface area (TPSA) is 112 Å². The van der Waals surface area contributed by atoms with Crippen molar-refractivity contribution in [1.82, 2.24) is 10.2 Å². The molecule has 3 heterocycles. The van der Waals surface area contributed by atoms with Crippen LogP contribution in [-0.4, -0.2) is 34.8 Å². The summed E-state index contributed by atoms with van der Waals surface area (Å²) in [4.78, 5) is 41.9. The molecule has 200 valence electrons. The molecule has 5 aromatic rings. The highest BCUT2D eigenvalue weighted by Gasteiger charge is 2.54. The second kappa shape index (κ2) is 10.4. The molecule has 6 rings (SSSR count). The lowest BCUT2D eigenvalue weighted by Crippen LogP contribution is -2.30. The van der Waals surface area contributed by atoms with E-state index in [4.69, 9.17) is 13.9 Å². The molecule has 2 aromatic heterocycles. The van der Waals surface area contributed by atoms with E-state index in [0.29, 0.717) is 34.3 Å². The highest BCUT2D eigenvalue weighted by Crippen LogP contribution is 2.44. The van der Waals surface area contributed by atoms with E-state index in [1.54, 1.807) is 43.3 Å². The van der Waals surface area contributed by atoms with Crippen LogP contribution >= 0.6 is 11.3 Å². The average Bonchev–Trinajstić information content (AvgIpc) is 3.68. The smallest absolute Gasteiger partial charge is 0.297 e. The normalized spacial score (nSPS) is 17.0. The Balaban J connectivity index is 1.41. The van der Waals surface area contributed by atoms with Crippen LogP contribution in [0.4, 0.5) is 5.13 Å². The molecule has 1 saturated heterocycles. The van der Waals surface area contributed by atoms with Crippen LogP contribution in [0.5, 0.6) is 11.5 Å². The second-order valence-corrected chi connectivity index (χ2v) is 10.4. The molecule has 1 aliphatic rings. The van der Waals surface area contributed by atoms with Crippen LogP contribution in [0, 0.1) is 12.8 Å². The number of hydrogen-bond acceptors (Lipinski definition) is 9. The van der Waals surface area contributed by atoms with Gasteiger partial charge in [0, 0.05) is 5.39 Å². The van der Waals surface area contributed by atoms with Crippen molar-refractivity contribution in [3.05, 3.63) is 101 Å². The SMILES string of the molecule is COc1cc(C2C(C(=O)c3cc4ccccc4o3)C(=O)C(=O)N2c2nnc(C)s2)ccc1OCc1ccccc1. The van der Waals surface area contributed by atoms with E-state index >= 15 is 0 Å². The fraction of sp³-hybridized carbons (Fsp3) is 0.167. The van der Waals surface area contributed by atoms with Crippen LogP contribution in [0.3, 0.4) is 0 Å². The lowest BCUT2D eigenvalue weighted by Gasteiger charge is -2.25. The lowest BCUT2D eigenvalue weighted by atomic mass is 9.88. The summed E-state index contributed by atoms with van der Waals surface area (Å²) in [5.41, 5.74) is 2.00. The number of carbonyl (C=O) groups excluding carboxylic acids is 3. The average molecular weight is 554 g/mol. The van der Waals surface area contributed by atoms with Crippen LogP contribution in [0.15, 0.2) is 83.3 Å². The molecule has 3 aromatic carbocycles. The maximum Gasteiger partial charge on any atom is 0.297 e. The summed E-state index contributed by atoms with van der Waals surface area (Å²) in [6, 6.07) is 22.5. The quantitative estimate of drug-likeness (QED) is 0.144. The van der Waals surface area contributed by atoms with Crippen molar-refractivity contribution in [2.45, 2.75) is 19.6 Å². The van der Waals surface area contributed by atoms with Gasteiger partial charge >= 0.3 is 0 Å². The Kier molecular flexibility index (Phi) is 6.61. The number of nitrogens with zero attached hydrogens (tertiary/aromatic N) is 3. The lowest BCUT2D eigenvalue weighted by molar-refractivity contribution is -0.135. The van der Waals surface area contributed by atoms with E-state index in [9.17, 15) is 14.4 Å². The highest BCUT2D eigenvalue weighted by atomic mass is 32.1. The first-order valence-corrected chi connectivity index (χ1v) is 13.3. The Morgan fingerprint density at radius 2 is 1.75 bits per heavy atom. The standard InChI is InChI=1S/C30H23N3O6S/c1-17-31-32-30(40-17)33-26(20-12-13-22(23(15-20)37-2)38-16-18-8-4-3-5-9-18)25(28(35)29(33)36)27(34)24-14-19-10-6-7-11-21(19)39-24/h3-15,25-26H,16H2,1-2H3. The van der Waals surface area contributed by atoms with E-state index in [1.165, 1.54) is 12.0 Å². The number of Topliss-reactive ketones (excluding diaryl/α,β-unsaturated/α-hetero) is 2. The predicted molar refractivity (Wildman–Crippen MR) is 148 cm³/mol. The van der Waals surface area contributed by atoms with E-state index in [0.717, 1.165) is 22.3 Å². The number of fused-ring (bicyclic) bond motifs is 1. The molecule has 1 aliphatic heterocycles. The Bertz CT molecular complexity index is 1710. The molecule has 0 bridgehead atoms. The molecular weight excluding hydrogens is 530 g/mol. The van der Waals surface area contributed by atoms with Crippen molar-refractivity contribution in [2.75, 3.05) is 12.0 Å². The maximum atomic E-state index is 13.8. The molecule has 0 radical (unpaired) electrons. The summed E-state index contributed by atoms with van der Waals surface area (Å²) in [7, 11) is 1.50. The van der Waals surface area contributed by atoms with E-state index in [-0.39, 0.29) is 10.9 Å². The second-order valence-electron chi connectivity index (χ2n) is 9.26. The van der Waals surface area contributed by atoms with Gasteiger partial charge in [0.25, 0.3) is 5.91 Å². The van der Waals surface area contributed by atoms with Crippen molar-refractivity contribution >= 4 is 44.9 Å². The third-order valence-corrected chi connectivity index (χ3v) is 7.58. The number of para-hydroxylation sites is 1. The van der Waals surface area contributed by atoms with E-state index in [1.807, 2.05) is 42.5 Å². The minimum atomic E-state index is -1.36. The van der Waals surface area contributed by atoms with Crippen molar-refractivity contribution in [3.8, 4) is 11.5 Å². The number of ether oxygens (including phenoxy) is 2. The summed E-state index contributed by atoms with van der Waals surface area (Å²) < 4.78 is 17.4. The zero-order valence-corrected chi connectivity index (χ0v) is 22.4. The van der Waals surface area contributed by atoms with Crippen molar-refractivity contribution in [3.63, 3.8) is 0 Å². The summed E-state index contributed by atoms with van der Waals surface area (Å²) in [6.45, 7) is 2.07. The zero-order chi connectivity index (χ0) is 27.8. The van der Waals surface area contributed by atoms with Gasteiger partial charge in [-0.25, -0.2) is 0 Å². The van der Waals surface area contributed by atoms with Gasteiger partial charge in [0.05, 0.1) is 13.2 Å². The number of amides is 1. The van der Waals surface area contributed by atoms with Gasteiger partial charge in [0.2, 0.25) is 16.7 Å². The highest BCUT2D eigenvalue weighted by molar-refractivity contribution is 7.15. The van der Waals surface area contributed by atoms with Crippen LogP contribution in [0.1, 0.15) is 32.7 Å². The van der Waals surface area contributed by atoms with Gasteiger partial charge in [-0.15, -0.1) is 10.2 Å². The Morgan fingerprint density at radius 1 is 0.975 bits per heavy atom. The minimum Gasteiger partial charge on any atom is -0.493 e. The van der Waals surface area contributed by atoms with Crippen LogP contribution in [0.25, 0.3) is 11.0 Å². The van der Waals surface area contributed by atoms with Crippen molar-refractivity contribution in [2.24, 2.45) is 5.92 Å². The first-order chi connectivity index (χ1) is 19.4. The number of aromatic nitrogens is 2. The third-order valence-electron chi connectivity index (χ3n) is 6.74. The number of aryl methyl sites for hydroxylation is 1. The number of ketones is 2. The zero-order valence-electron chi connectivity index (χ0n) is 21.6. The first-order valence-electron chi connectivity index (χ1n) is 12.5. The fourth-order valence-corrected chi connectivity index (χ4v) is 5.57. The van der Waals surface area contributed by atoms with Gasteiger partial charge in [-0.05, 0) is 42.3 Å². The molecule has 2 unspecified atom stereocenters. The molecule has 1 amide bonds. The van der Waals surface area contributed by atoms with E-state index in [2.05, 4.69) is 10.2 Å². The Hall–Kier alpha value is -4.83. The van der Waals surface area contributed by atoms with Crippen LogP contribution in [0.2, 0.25) is 0 Å². The van der Waals surface area contributed by atoms with Crippen molar-refractivity contribution in [1.29, 1.82) is 0 Å². The van der Waals surface area contributed by atoms with Gasteiger partial charge in [0.15, 0.2) is 17.3 Å². The summed E-state index contributed by atoms with van der Waals surface area (Å²) in [5.74, 6) is -2.76. The third kappa shape index (κ3) is 4.52. The molecular formula is C30H23N3O6S. The molecule has 0 spiro atoms. The van der Waals surface area contributed by atoms with Crippen LogP contribution in [-0.2, 0) is 16.2 Å².